The summed E-state index contributed by atoms with van der Waals surface area (Å²) in [5.41, 5.74) is 10.3. The molecule has 0 aromatic carbocycles. The molecular weight excluding hydrogens is 108 g/mol. The van der Waals surface area contributed by atoms with Crippen LogP contribution >= 0.6 is 0 Å². The van der Waals surface area contributed by atoms with Crippen LogP contribution in [-0.2, 0) is 4.74 Å². The van der Waals surface area contributed by atoms with Gasteiger partial charge in [0.1, 0.15) is 0 Å². The van der Waals surface area contributed by atoms with Crippen LogP contribution in [-0.4, -0.2) is 24.2 Å². The first kappa shape index (κ1) is 7.84. The lowest BCUT2D eigenvalue weighted by molar-refractivity contribution is -0.0371. The molecule has 4 heteroatoms. The van der Waals surface area contributed by atoms with E-state index in [4.69, 9.17) is 16.6 Å². The standard InChI is InChI=1S/C4H12N2O2/c1-4(5,6)8-3-2-7/h7H,2-3,5-6H2,1H3. The van der Waals surface area contributed by atoms with E-state index in [1.165, 1.54) is 6.92 Å². The molecule has 0 aliphatic rings. The molecule has 50 valence electrons. The van der Waals surface area contributed by atoms with Crippen molar-refractivity contribution in [3.05, 3.63) is 0 Å². The van der Waals surface area contributed by atoms with Crippen molar-refractivity contribution in [1.29, 1.82) is 0 Å². The van der Waals surface area contributed by atoms with Gasteiger partial charge in [0.2, 0.25) is 0 Å². The summed E-state index contributed by atoms with van der Waals surface area (Å²) < 4.78 is 4.68. The second kappa shape index (κ2) is 2.99. The minimum Gasteiger partial charge on any atom is -0.394 e. The lowest BCUT2D eigenvalue weighted by Crippen LogP contribution is -2.49. The molecule has 5 N–H and O–H groups in total. The van der Waals surface area contributed by atoms with Crippen molar-refractivity contribution in [2.45, 2.75) is 12.8 Å². The van der Waals surface area contributed by atoms with Gasteiger partial charge in [0, 0.05) is 0 Å². The van der Waals surface area contributed by atoms with Crippen LogP contribution in [0.4, 0.5) is 0 Å². The van der Waals surface area contributed by atoms with Gasteiger partial charge in [-0.15, -0.1) is 0 Å². The van der Waals surface area contributed by atoms with Crippen molar-refractivity contribution in [3.8, 4) is 0 Å². The summed E-state index contributed by atoms with van der Waals surface area (Å²) in [4.78, 5) is 0. The van der Waals surface area contributed by atoms with Gasteiger partial charge in [0.05, 0.1) is 13.2 Å². The Hall–Kier alpha value is -0.160. The monoisotopic (exact) mass is 120 g/mol. The second-order valence-corrected chi connectivity index (χ2v) is 1.76. The van der Waals surface area contributed by atoms with E-state index in [0.29, 0.717) is 0 Å². The number of ether oxygens (including phenoxy) is 1. The fraction of sp³-hybridized carbons (Fsp3) is 1.00. The summed E-state index contributed by atoms with van der Waals surface area (Å²) in [6.07, 6.45) is 0. The van der Waals surface area contributed by atoms with Gasteiger partial charge in [-0.25, -0.2) is 0 Å². The Morgan fingerprint density at radius 3 is 2.25 bits per heavy atom. The molecule has 0 aliphatic carbocycles. The first-order valence-corrected chi connectivity index (χ1v) is 2.39. The van der Waals surface area contributed by atoms with Gasteiger partial charge in [-0.2, -0.15) is 0 Å². The number of aliphatic hydroxyl groups excluding tert-OH is 1. The zero-order valence-corrected chi connectivity index (χ0v) is 4.92. The molecule has 0 heterocycles. The van der Waals surface area contributed by atoms with Crippen molar-refractivity contribution < 1.29 is 9.84 Å². The molecule has 4 nitrogen and oxygen atoms in total. The van der Waals surface area contributed by atoms with Crippen molar-refractivity contribution in [2.24, 2.45) is 11.5 Å². The van der Waals surface area contributed by atoms with E-state index < -0.39 is 5.85 Å². The third-order valence-corrected chi connectivity index (χ3v) is 0.504. The largest absolute Gasteiger partial charge is 0.394 e. The summed E-state index contributed by atoms with van der Waals surface area (Å²) >= 11 is 0. The molecule has 0 aromatic heterocycles. The van der Waals surface area contributed by atoms with Crippen LogP contribution in [0.15, 0.2) is 0 Å². The van der Waals surface area contributed by atoms with Crippen LogP contribution in [0.2, 0.25) is 0 Å². The second-order valence-electron chi connectivity index (χ2n) is 1.76. The Morgan fingerprint density at radius 2 is 2.12 bits per heavy atom. The normalized spacial score (nSPS) is 12.0. The van der Waals surface area contributed by atoms with Crippen LogP contribution in [0.25, 0.3) is 0 Å². The fourth-order valence-electron chi connectivity index (χ4n) is 0.266. The summed E-state index contributed by atoms with van der Waals surface area (Å²) in [6.45, 7) is 1.65. The number of hydrogen-bond acceptors (Lipinski definition) is 4. The highest BCUT2D eigenvalue weighted by atomic mass is 16.5. The average molecular weight is 120 g/mol. The van der Waals surface area contributed by atoms with E-state index in [0.717, 1.165) is 0 Å². The zero-order valence-electron chi connectivity index (χ0n) is 4.92. The highest BCUT2D eigenvalue weighted by molar-refractivity contribution is 4.52. The zero-order chi connectivity index (χ0) is 6.62. The maximum absolute atomic E-state index is 8.19. The summed E-state index contributed by atoms with van der Waals surface area (Å²) in [7, 11) is 0. The third-order valence-electron chi connectivity index (χ3n) is 0.504. The molecule has 0 aromatic rings. The summed E-state index contributed by atoms with van der Waals surface area (Å²) in [5.74, 6) is -1.11. The van der Waals surface area contributed by atoms with Crippen molar-refractivity contribution >= 4 is 0 Å². The molecule has 0 unspecified atom stereocenters. The Balaban J connectivity index is 3.11. The molecule has 0 rings (SSSR count). The van der Waals surface area contributed by atoms with Gasteiger partial charge < -0.3 is 9.84 Å². The highest BCUT2D eigenvalue weighted by Gasteiger charge is 2.08. The summed E-state index contributed by atoms with van der Waals surface area (Å²) in [5, 5.41) is 8.19. The van der Waals surface area contributed by atoms with Crippen LogP contribution in [0.3, 0.4) is 0 Å². The Morgan fingerprint density at radius 1 is 1.62 bits per heavy atom. The third kappa shape index (κ3) is 5.84. The molecular formula is C4H12N2O2. The molecule has 8 heavy (non-hydrogen) atoms. The Kier molecular flexibility index (Phi) is 2.93. The van der Waals surface area contributed by atoms with Gasteiger partial charge in [0.25, 0.3) is 0 Å². The quantitative estimate of drug-likeness (QED) is 0.399. The van der Waals surface area contributed by atoms with E-state index in [2.05, 4.69) is 4.74 Å². The average Bonchev–Trinajstić information content (AvgIpc) is 1.59. The minimum atomic E-state index is -1.11. The molecule has 0 amide bonds. The van der Waals surface area contributed by atoms with Gasteiger partial charge in [-0.3, -0.25) is 11.5 Å². The number of nitrogens with two attached hydrogens (primary N) is 2. The SMILES string of the molecule is CC(N)(N)OCCO. The fourth-order valence-corrected chi connectivity index (χ4v) is 0.266. The lowest BCUT2D eigenvalue weighted by Gasteiger charge is -2.17. The van der Waals surface area contributed by atoms with E-state index in [-0.39, 0.29) is 13.2 Å². The number of hydrogen-bond donors (Lipinski definition) is 3. The van der Waals surface area contributed by atoms with Crippen LogP contribution in [0.1, 0.15) is 6.92 Å². The van der Waals surface area contributed by atoms with E-state index >= 15 is 0 Å². The lowest BCUT2D eigenvalue weighted by atomic mass is 10.5. The van der Waals surface area contributed by atoms with Crippen LogP contribution in [0, 0.1) is 0 Å². The van der Waals surface area contributed by atoms with E-state index in [1.807, 2.05) is 0 Å². The van der Waals surface area contributed by atoms with Crippen LogP contribution in [0.5, 0.6) is 0 Å². The minimum absolute atomic E-state index is 0.0516. The molecule has 0 fully saturated rings. The van der Waals surface area contributed by atoms with Gasteiger partial charge in [-0.1, -0.05) is 0 Å². The predicted molar refractivity (Wildman–Crippen MR) is 29.8 cm³/mol. The maximum atomic E-state index is 8.19. The van der Waals surface area contributed by atoms with Crippen molar-refractivity contribution in [2.75, 3.05) is 13.2 Å². The van der Waals surface area contributed by atoms with Crippen LogP contribution < -0.4 is 11.5 Å². The molecule has 0 saturated carbocycles. The summed E-state index contributed by atoms with van der Waals surface area (Å²) in [6, 6.07) is 0. The topological polar surface area (TPSA) is 81.5 Å². The van der Waals surface area contributed by atoms with Gasteiger partial charge in [-0.05, 0) is 6.92 Å². The highest BCUT2D eigenvalue weighted by Crippen LogP contribution is 1.87. The molecule has 0 atom stereocenters. The van der Waals surface area contributed by atoms with Gasteiger partial charge >= 0.3 is 0 Å². The molecule has 0 saturated heterocycles. The first-order chi connectivity index (χ1) is 3.56. The van der Waals surface area contributed by atoms with E-state index in [1.54, 1.807) is 0 Å². The maximum Gasteiger partial charge on any atom is 0.166 e. The molecule has 0 radical (unpaired) electrons. The molecule has 0 bridgehead atoms. The Bertz CT molecular complexity index is 59.5. The molecule has 0 aliphatic heterocycles. The Labute approximate surface area is 48.4 Å². The smallest absolute Gasteiger partial charge is 0.166 e. The number of rotatable bonds is 3. The molecule has 0 spiro atoms. The predicted octanol–water partition coefficient (Wildman–Crippen LogP) is -1.41. The first-order valence-electron chi connectivity index (χ1n) is 2.39. The van der Waals surface area contributed by atoms with E-state index in [9.17, 15) is 0 Å². The van der Waals surface area contributed by atoms with Crippen molar-refractivity contribution in [1.82, 2.24) is 0 Å². The number of aliphatic hydroxyl groups is 1. The van der Waals surface area contributed by atoms with Gasteiger partial charge in [0.15, 0.2) is 5.85 Å². The van der Waals surface area contributed by atoms with Crippen molar-refractivity contribution in [3.63, 3.8) is 0 Å².